The van der Waals surface area contributed by atoms with Crippen molar-refractivity contribution < 1.29 is 14.7 Å². The Morgan fingerprint density at radius 2 is 1.80 bits per heavy atom. The van der Waals surface area contributed by atoms with Crippen LogP contribution in [0.2, 0.25) is 0 Å². The van der Waals surface area contributed by atoms with E-state index in [4.69, 9.17) is 5.11 Å². The highest BCUT2D eigenvalue weighted by atomic mass is 16.4. The first-order chi connectivity index (χ1) is 9.66. The fourth-order valence-electron chi connectivity index (χ4n) is 2.24. The van der Waals surface area contributed by atoms with E-state index in [0.717, 1.165) is 23.9 Å². The van der Waals surface area contributed by atoms with Gasteiger partial charge < -0.3 is 10.0 Å². The molecule has 0 spiro atoms. The molecule has 1 aliphatic rings. The zero-order valence-electron chi connectivity index (χ0n) is 10.5. The van der Waals surface area contributed by atoms with Crippen LogP contribution < -0.4 is 4.90 Å². The highest BCUT2D eigenvalue weighted by molar-refractivity contribution is 6.06. The lowest BCUT2D eigenvalue weighted by atomic mass is 10.2. The van der Waals surface area contributed by atoms with Gasteiger partial charge in [0.15, 0.2) is 5.69 Å². The van der Waals surface area contributed by atoms with E-state index in [2.05, 4.69) is 9.97 Å². The number of carbonyl (C=O) groups is 2. The number of hydrogen-bond donors (Lipinski definition) is 1. The Kier molecular flexibility index (Phi) is 2.90. The Morgan fingerprint density at radius 1 is 1.10 bits per heavy atom. The van der Waals surface area contributed by atoms with Crippen LogP contribution in [0.4, 0.5) is 5.69 Å². The minimum Gasteiger partial charge on any atom is -0.476 e. The first-order valence-electron chi connectivity index (χ1n) is 6.12. The Balaban J connectivity index is 1.89. The van der Waals surface area contributed by atoms with Crippen molar-refractivity contribution in [2.24, 2.45) is 0 Å². The summed E-state index contributed by atoms with van der Waals surface area (Å²) in [5, 5.41) is 8.76. The first kappa shape index (κ1) is 12.3. The summed E-state index contributed by atoms with van der Waals surface area (Å²) in [4.78, 5) is 32.3. The van der Waals surface area contributed by atoms with Gasteiger partial charge in [-0.15, -0.1) is 0 Å². The molecule has 1 N–H and O–H groups in total. The summed E-state index contributed by atoms with van der Waals surface area (Å²) in [6, 6.07) is 7.69. The summed E-state index contributed by atoms with van der Waals surface area (Å²) >= 11 is 0. The fraction of sp³-hybridized carbons (Fsp3) is 0.143. The van der Waals surface area contributed by atoms with Crippen LogP contribution in [0.25, 0.3) is 0 Å². The van der Waals surface area contributed by atoms with Crippen LogP contribution in [0, 0.1) is 0 Å². The van der Waals surface area contributed by atoms with Crippen molar-refractivity contribution in [2.75, 3.05) is 11.4 Å². The third-order valence-electron chi connectivity index (χ3n) is 3.22. The maximum absolute atomic E-state index is 12.4. The zero-order chi connectivity index (χ0) is 14.1. The largest absolute Gasteiger partial charge is 0.476 e. The minimum absolute atomic E-state index is 0.145. The molecule has 1 amide bonds. The lowest BCUT2D eigenvalue weighted by molar-refractivity contribution is 0.0689. The minimum atomic E-state index is -1.16. The molecule has 0 bridgehead atoms. The zero-order valence-corrected chi connectivity index (χ0v) is 10.5. The van der Waals surface area contributed by atoms with E-state index in [1.54, 1.807) is 4.90 Å². The summed E-state index contributed by atoms with van der Waals surface area (Å²) in [5.41, 5.74) is 1.97. The molecule has 2 aromatic rings. The van der Waals surface area contributed by atoms with Crippen LogP contribution in [-0.4, -0.2) is 33.5 Å². The third-order valence-corrected chi connectivity index (χ3v) is 3.22. The van der Waals surface area contributed by atoms with E-state index >= 15 is 0 Å². The SMILES string of the molecule is O=C(O)c1cnc(C(=O)N2CCc3ccccc32)cn1. The van der Waals surface area contributed by atoms with Gasteiger partial charge in [-0.05, 0) is 18.1 Å². The van der Waals surface area contributed by atoms with E-state index in [1.165, 1.54) is 6.20 Å². The molecular weight excluding hydrogens is 258 g/mol. The lowest BCUT2D eigenvalue weighted by Crippen LogP contribution is -2.29. The summed E-state index contributed by atoms with van der Waals surface area (Å²) in [5.74, 6) is -1.43. The number of hydrogen-bond acceptors (Lipinski definition) is 4. The van der Waals surface area contributed by atoms with E-state index in [-0.39, 0.29) is 17.3 Å². The molecule has 6 heteroatoms. The molecule has 0 fully saturated rings. The average molecular weight is 269 g/mol. The summed E-state index contributed by atoms with van der Waals surface area (Å²) < 4.78 is 0. The molecule has 0 radical (unpaired) electrons. The van der Waals surface area contributed by atoms with Gasteiger partial charge in [-0.2, -0.15) is 0 Å². The van der Waals surface area contributed by atoms with Gasteiger partial charge in [0.2, 0.25) is 0 Å². The molecule has 1 aliphatic heterocycles. The highest BCUT2D eigenvalue weighted by Crippen LogP contribution is 2.28. The van der Waals surface area contributed by atoms with Crippen LogP contribution in [0.5, 0.6) is 0 Å². The second kappa shape index (κ2) is 4.73. The number of carbonyl (C=O) groups excluding carboxylic acids is 1. The number of amides is 1. The number of fused-ring (bicyclic) bond motifs is 1. The number of benzene rings is 1. The highest BCUT2D eigenvalue weighted by Gasteiger charge is 2.26. The van der Waals surface area contributed by atoms with Crippen LogP contribution in [0.1, 0.15) is 26.5 Å². The smallest absolute Gasteiger partial charge is 0.356 e. The van der Waals surface area contributed by atoms with Gasteiger partial charge in [0.05, 0.1) is 12.4 Å². The third kappa shape index (κ3) is 2.01. The van der Waals surface area contributed by atoms with Crippen molar-refractivity contribution in [1.82, 2.24) is 9.97 Å². The quantitative estimate of drug-likeness (QED) is 0.890. The van der Waals surface area contributed by atoms with E-state index in [1.807, 2.05) is 24.3 Å². The van der Waals surface area contributed by atoms with Crippen molar-refractivity contribution >= 4 is 17.6 Å². The molecular formula is C14H11N3O3. The number of aromatic nitrogens is 2. The number of aromatic carboxylic acids is 1. The molecule has 3 rings (SSSR count). The topological polar surface area (TPSA) is 83.4 Å². The summed E-state index contributed by atoms with van der Waals surface area (Å²) in [7, 11) is 0. The molecule has 0 saturated carbocycles. The normalized spacial score (nSPS) is 13.1. The van der Waals surface area contributed by atoms with Gasteiger partial charge in [0.1, 0.15) is 5.69 Å². The van der Waals surface area contributed by atoms with Gasteiger partial charge in [-0.3, -0.25) is 4.79 Å². The molecule has 100 valence electrons. The van der Waals surface area contributed by atoms with Crippen LogP contribution >= 0.6 is 0 Å². The van der Waals surface area contributed by atoms with Crippen molar-refractivity contribution in [2.45, 2.75) is 6.42 Å². The second-order valence-corrected chi connectivity index (χ2v) is 4.43. The number of nitrogens with zero attached hydrogens (tertiary/aromatic N) is 3. The van der Waals surface area contributed by atoms with Gasteiger partial charge in [-0.25, -0.2) is 14.8 Å². The Morgan fingerprint density at radius 3 is 2.50 bits per heavy atom. The molecule has 20 heavy (non-hydrogen) atoms. The monoisotopic (exact) mass is 269 g/mol. The number of para-hydroxylation sites is 1. The van der Waals surface area contributed by atoms with E-state index in [0.29, 0.717) is 6.54 Å². The first-order valence-corrected chi connectivity index (χ1v) is 6.12. The Labute approximate surface area is 114 Å². The number of rotatable bonds is 2. The van der Waals surface area contributed by atoms with Crippen molar-refractivity contribution in [1.29, 1.82) is 0 Å². The van der Waals surface area contributed by atoms with E-state index < -0.39 is 5.97 Å². The molecule has 1 aromatic heterocycles. The van der Waals surface area contributed by atoms with E-state index in [9.17, 15) is 9.59 Å². The van der Waals surface area contributed by atoms with Crippen molar-refractivity contribution in [3.8, 4) is 0 Å². The summed E-state index contributed by atoms with van der Waals surface area (Å²) in [6.45, 7) is 0.598. The molecule has 1 aromatic carbocycles. The standard InChI is InChI=1S/C14H11N3O3/c18-13(10-7-16-11(8-15-10)14(19)20)17-6-5-9-3-1-2-4-12(9)17/h1-4,7-8H,5-6H2,(H,19,20). The van der Waals surface area contributed by atoms with Gasteiger partial charge in [-0.1, -0.05) is 18.2 Å². The predicted octanol–water partition coefficient (Wildman–Crippen LogP) is 1.38. The lowest BCUT2D eigenvalue weighted by Gasteiger charge is -2.16. The maximum Gasteiger partial charge on any atom is 0.356 e. The number of carboxylic acids is 1. The second-order valence-electron chi connectivity index (χ2n) is 4.43. The Bertz CT molecular complexity index is 682. The average Bonchev–Trinajstić information content (AvgIpc) is 2.90. The molecule has 0 atom stereocenters. The predicted molar refractivity (Wildman–Crippen MR) is 70.8 cm³/mol. The van der Waals surface area contributed by atoms with Crippen LogP contribution in [-0.2, 0) is 6.42 Å². The van der Waals surface area contributed by atoms with Crippen molar-refractivity contribution in [3.63, 3.8) is 0 Å². The van der Waals surface area contributed by atoms with Crippen LogP contribution in [0.3, 0.4) is 0 Å². The number of anilines is 1. The molecule has 2 heterocycles. The molecule has 6 nitrogen and oxygen atoms in total. The Hall–Kier alpha value is -2.76. The molecule has 0 saturated heterocycles. The van der Waals surface area contributed by atoms with Crippen LogP contribution in [0.15, 0.2) is 36.7 Å². The molecule has 0 unspecified atom stereocenters. The number of carboxylic acid groups (broad SMARTS) is 1. The fourth-order valence-corrected chi connectivity index (χ4v) is 2.24. The summed E-state index contributed by atoms with van der Waals surface area (Å²) in [6.07, 6.45) is 3.10. The molecule has 0 aliphatic carbocycles. The van der Waals surface area contributed by atoms with Crippen molar-refractivity contribution in [3.05, 3.63) is 53.6 Å². The van der Waals surface area contributed by atoms with Gasteiger partial charge >= 0.3 is 5.97 Å². The van der Waals surface area contributed by atoms with Gasteiger partial charge in [0, 0.05) is 12.2 Å². The van der Waals surface area contributed by atoms with Gasteiger partial charge in [0.25, 0.3) is 5.91 Å². The maximum atomic E-state index is 12.4.